The van der Waals surface area contributed by atoms with Crippen molar-refractivity contribution in [2.75, 3.05) is 27.2 Å². The molecule has 5 nitrogen and oxygen atoms in total. The molecule has 0 aliphatic heterocycles. The molecule has 134 valence electrons. The predicted octanol–water partition coefficient (Wildman–Crippen LogP) is 2.80. The Labute approximate surface area is 153 Å². The van der Waals surface area contributed by atoms with Gasteiger partial charge in [0.15, 0.2) is 0 Å². The van der Waals surface area contributed by atoms with Crippen LogP contribution in [0.5, 0.6) is 0 Å². The average Bonchev–Trinajstić information content (AvgIpc) is 2.40. The van der Waals surface area contributed by atoms with E-state index in [9.17, 15) is 9.59 Å². The molecule has 0 saturated heterocycles. The van der Waals surface area contributed by atoms with Gasteiger partial charge in [0.1, 0.15) is 0 Å². The lowest BCUT2D eigenvalue weighted by Gasteiger charge is -2.24. The number of benzene rings is 1. The Morgan fingerprint density at radius 3 is 2.25 bits per heavy atom. The molecular formula is C17H25Cl2N3O2. The van der Waals surface area contributed by atoms with Gasteiger partial charge in [0.2, 0.25) is 11.8 Å². The van der Waals surface area contributed by atoms with Crippen molar-refractivity contribution in [1.82, 2.24) is 15.1 Å². The van der Waals surface area contributed by atoms with E-state index in [1.165, 1.54) is 0 Å². The molecule has 0 aliphatic rings. The SMILES string of the molecule is CN(CC(=O)NC(C)(C)C)CC(=O)N(C)Cc1ccc(Cl)c(Cl)c1. The molecule has 24 heavy (non-hydrogen) atoms. The monoisotopic (exact) mass is 373 g/mol. The normalized spacial score (nSPS) is 11.5. The third kappa shape index (κ3) is 7.51. The molecule has 7 heteroatoms. The van der Waals surface area contributed by atoms with Crippen molar-refractivity contribution in [3.05, 3.63) is 33.8 Å². The molecule has 0 aliphatic carbocycles. The number of halogens is 2. The van der Waals surface area contributed by atoms with Crippen LogP contribution in [0.15, 0.2) is 18.2 Å². The largest absolute Gasteiger partial charge is 0.350 e. The van der Waals surface area contributed by atoms with Gasteiger partial charge in [0.05, 0.1) is 23.1 Å². The first-order valence-corrected chi connectivity index (χ1v) is 8.41. The first kappa shape index (κ1) is 20.7. The summed E-state index contributed by atoms with van der Waals surface area (Å²) in [5.41, 5.74) is 0.612. The van der Waals surface area contributed by atoms with Crippen LogP contribution in [0.1, 0.15) is 26.3 Å². The van der Waals surface area contributed by atoms with Gasteiger partial charge in [-0.2, -0.15) is 0 Å². The molecule has 1 aromatic rings. The van der Waals surface area contributed by atoms with Crippen LogP contribution in [-0.2, 0) is 16.1 Å². The van der Waals surface area contributed by atoms with Crippen LogP contribution in [0.2, 0.25) is 10.0 Å². The maximum atomic E-state index is 12.3. The van der Waals surface area contributed by atoms with Crippen LogP contribution in [0.3, 0.4) is 0 Å². The van der Waals surface area contributed by atoms with Crippen molar-refractivity contribution in [2.45, 2.75) is 32.9 Å². The second-order valence-electron chi connectivity index (χ2n) is 6.97. The number of hydrogen-bond donors (Lipinski definition) is 1. The van der Waals surface area contributed by atoms with Crippen molar-refractivity contribution < 1.29 is 9.59 Å². The highest BCUT2D eigenvalue weighted by molar-refractivity contribution is 6.42. The Balaban J connectivity index is 2.51. The molecule has 0 unspecified atom stereocenters. The van der Waals surface area contributed by atoms with Crippen LogP contribution in [-0.4, -0.2) is 54.3 Å². The number of hydrogen-bond acceptors (Lipinski definition) is 3. The third-order valence-corrected chi connectivity index (χ3v) is 3.90. The van der Waals surface area contributed by atoms with E-state index in [1.54, 1.807) is 36.0 Å². The second-order valence-corrected chi connectivity index (χ2v) is 7.78. The Morgan fingerprint density at radius 1 is 1.08 bits per heavy atom. The van der Waals surface area contributed by atoms with Gasteiger partial charge in [0.25, 0.3) is 0 Å². The van der Waals surface area contributed by atoms with E-state index in [2.05, 4.69) is 5.32 Å². The number of carbonyl (C=O) groups excluding carboxylic acids is 2. The van der Waals surface area contributed by atoms with Gasteiger partial charge in [-0.1, -0.05) is 29.3 Å². The van der Waals surface area contributed by atoms with E-state index >= 15 is 0 Å². The lowest BCUT2D eigenvalue weighted by atomic mass is 10.1. The van der Waals surface area contributed by atoms with Crippen LogP contribution < -0.4 is 5.32 Å². The summed E-state index contributed by atoms with van der Waals surface area (Å²) < 4.78 is 0. The summed E-state index contributed by atoms with van der Waals surface area (Å²) >= 11 is 11.9. The Bertz CT molecular complexity index is 600. The lowest BCUT2D eigenvalue weighted by molar-refractivity contribution is -0.132. The van der Waals surface area contributed by atoms with Crippen molar-refractivity contribution in [3.63, 3.8) is 0 Å². The van der Waals surface area contributed by atoms with Crippen molar-refractivity contribution in [1.29, 1.82) is 0 Å². The maximum absolute atomic E-state index is 12.3. The molecular weight excluding hydrogens is 349 g/mol. The first-order chi connectivity index (χ1) is 11.0. The fourth-order valence-corrected chi connectivity index (χ4v) is 2.43. The van der Waals surface area contributed by atoms with E-state index in [4.69, 9.17) is 23.2 Å². The molecule has 0 spiro atoms. The van der Waals surface area contributed by atoms with E-state index < -0.39 is 0 Å². The molecule has 0 saturated carbocycles. The smallest absolute Gasteiger partial charge is 0.236 e. The summed E-state index contributed by atoms with van der Waals surface area (Å²) in [6.07, 6.45) is 0. The van der Waals surface area contributed by atoms with Gasteiger partial charge in [-0.05, 0) is 45.5 Å². The number of nitrogens with one attached hydrogen (secondary N) is 1. The summed E-state index contributed by atoms with van der Waals surface area (Å²) in [6.45, 7) is 6.51. The zero-order valence-electron chi connectivity index (χ0n) is 14.8. The van der Waals surface area contributed by atoms with E-state index in [0.717, 1.165) is 5.56 Å². The molecule has 0 fully saturated rings. The minimum Gasteiger partial charge on any atom is -0.350 e. The number of nitrogens with zero attached hydrogens (tertiary/aromatic N) is 2. The Morgan fingerprint density at radius 2 is 1.71 bits per heavy atom. The third-order valence-electron chi connectivity index (χ3n) is 3.16. The van der Waals surface area contributed by atoms with Crippen LogP contribution in [0.25, 0.3) is 0 Å². The molecule has 1 N–H and O–H groups in total. The standard InChI is InChI=1S/C17H25Cl2N3O2/c1-17(2,3)20-15(23)10-21(4)11-16(24)22(5)9-12-6-7-13(18)14(19)8-12/h6-8H,9-11H2,1-5H3,(H,20,23). The van der Waals surface area contributed by atoms with Crippen LogP contribution in [0, 0.1) is 0 Å². The Kier molecular flexibility index (Phi) is 7.52. The molecule has 2 amide bonds. The van der Waals surface area contributed by atoms with Gasteiger partial charge < -0.3 is 10.2 Å². The van der Waals surface area contributed by atoms with Gasteiger partial charge >= 0.3 is 0 Å². The molecule has 0 atom stereocenters. The highest BCUT2D eigenvalue weighted by Gasteiger charge is 2.18. The van der Waals surface area contributed by atoms with Gasteiger partial charge in [0, 0.05) is 19.1 Å². The highest BCUT2D eigenvalue weighted by Crippen LogP contribution is 2.23. The summed E-state index contributed by atoms with van der Waals surface area (Å²) in [7, 11) is 3.46. The number of rotatable bonds is 6. The number of amides is 2. The number of carbonyl (C=O) groups is 2. The van der Waals surface area contributed by atoms with Crippen molar-refractivity contribution in [3.8, 4) is 0 Å². The van der Waals surface area contributed by atoms with Gasteiger partial charge in [-0.15, -0.1) is 0 Å². The molecule has 1 rings (SSSR count). The highest BCUT2D eigenvalue weighted by atomic mass is 35.5. The average molecular weight is 374 g/mol. The topological polar surface area (TPSA) is 52.7 Å². The molecule has 1 aromatic carbocycles. The summed E-state index contributed by atoms with van der Waals surface area (Å²) in [5, 5.41) is 3.82. The summed E-state index contributed by atoms with van der Waals surface area (Å²) in [6, 6.07) is 5.28. The fraction of sp³-hybridized carbons (Fsp3) is 0.529. The minimum atomic E-state index is -0.285. The zero-order valence-corrected chi connectivity index (χ0v) is 16.3. The Hall–Kier alpha value is -1.30. The number of likely N-dealkylation sites (N-methyl/N-ethyl adjacent to an activating group) is 2. The molecule has 0 aromatic heterocycles. The maximum Gasteiger partial charge on any atom is 0.236 e. The minimum absolute atomic E-state index is 0.0767. The van der Waals surface area contributed by atoms with E-state index in [0.29, 0.717) is 16.6 Å². The molecule has 0 bridgehead atoms. The molecule has 0 heterocycles. The van der Waals surface area contributed by atoms with Crippen molar-refractivity contribution >= 4 is 35.0 Å². The zero-order chi connectivity index (χ0) is 18.5. The van der Waals surface area contributed by atoms with E-state index in [1.807, 2.05) is 26.8 Å². The van der Waals surface area contributed by atoms with Crippen LogP contribution >= 0.6 is 23.2 Å². The van der Waals surface area contributed by atoms with Crippen LogP contribution in [0.4, 0.5) is 0 Å². The first-order valence-electron chi connectivity index (χ1n) is 7.65. The van der Waals surface area contributed by atoms with E-state index in [-0.39, 0.29) is 30.4 Å². The summed E-state index contributed by atoms with van der Waals surface area (Å²) in [4.78, 5) is 27.4. The second kappa shape index (κ2) is 8.70. The lowest BCUT2D eigenvalue weighted by Crippen LogP contribution is -2.46. The quantitative estimate of drug-likeness (QED) is 0.833. The van der Waals surface area contributed by atoms with Gasteiger partial charge in [-0.3, -0.25) is 14.5 Å². The van der Waals surface area contributed by atoms with Crippen molar-refractivity contribution in [2.24, 2.45) is 0 Å². The molecule has 0 radical (unpaired) electrons. The summed E-state index contributed by atoms with van der Waals surface area (Å²) in [5.74, 6) is -0.183. The fourth-order valence-electron chi connectivity index (χ4n) is 2.11. The predicted molar refractivity (Wildman–Crippen MR) is 98.3 cm³/mol. The van der Waals surface area contributed by atoms with Gasteiger partial charge in [-0.25, -0.2) is 0 Å².